The second-order valence-electron chi connectivity index (χ2n) is 9.10. The van der Waals surface area contributed by atoms with Gasteiger partial charge in [-0.2, -0.15) is 0 Å². The lowest BCUT2D eigenvalue weighted by atomic mass is 10.1. The minimum atomic E-state index is -0.204. The molecule has 2 aromatic heterocycles. The molecule has 186 valence electrons. The van der Waals surface area contributed by atoms with Gasteiger partial charge in [0.2, 0.25) is 0 Å². The Morgan fingerprint density at radius 1 is 1.08 bits per heavy atom. The summed E-state index contributed by atoms with van der Waals surface area (Å²) in [5.74, 6) is 0.447. The first kappa shape index (κ1) is 24.7. The number of fused-ring (bicyclic) bond motifs is 1. The zero-order valence-electron chi connectivity index (χ0n) is 20.7. The van der Waals surface area contributed by atoms with Crippen molar-refractivity contribution in [1.82, 2.24) is 19.2 Å². The van der Waals surface area contributed by atoms with Gasteiger partial charge in [-0.15, -0.1) is 0 Å². The van der Waals surface area contributed by atoms with E-state index in [1.807, 2.05) is 56.3 Å². The number of carbonyl (C=O) groups is 1. The van der Waals surface area contributed by atoms with Crippen molar-refractivity contribution in [2.45, 2.75) is 26.8 Å². The SMILES string of the molecule is CCN1CCN(c2nc3c(C)cccn3c(=O)c2/C=C2\SC(=S)N([C@@H](C)c3ccccc3)C2=O)CC1. The number of benzene rings is 1. The summed E-state index contributed by atoms with van der Waals surface area (Å²) >= 11 is 6.85. The monoisotopic (exact) mass is 519 g/mol. The normalized spacial score (nSPS) is 19.0. The van der Waals surface area contributed by atoms with Gasteiger partial charge in [0, 0.05) is 32.4 Å². The Hall–Kier alpha value is -3.01. The molecule has 1 amide bonds. The summed E-state index contributed by atoms with van der Waals surface area (Å²) in [5.41, 5.74) is 2.82. The van der Waals surface area contributed by atoms with E-state index < -0.39 is 0 Å². The number of piperazine rings is 1. The molecular formula is C27H29N5O2S2. The third kappa shape index (κ3) is 4.47. The number of aromatic nitrogens is 2. The first-order valence-corrected chi connectivity index (χ1v) is 13.4. The van der Waals surface area contributed by atoms with Gasteiger partial charge in [-0.1, -0.05) is 67.3 Å². The van der Waals surface area contributed by atoms with Crippen molar-refractivity contribution in [3.8, 4) is 0 Å². The number of anilines is 1. The molecule has 36 heavy (non-hydrogen) atoms. The van der Waals surface area contributed by atoms with Gasteiger partial charge in [0.15, 0.2) is 0 Å². The molecule has 0 aliphatic carbocycles. The third-order valence-corrected chi connectivity index (χ3v) is 8.28. The molecule has 0 spiro atoms. The van der Waals surface area contributed by atoms with E-state index in [-0.39, 0.29) is 17.5 Å². The van der Waals surface area contributed by atoms with Crippen LogP contribution in [-0.2, 0) is 4.79 Å². The Morgan fingerprint density at radius 2 is 1.81 bits per heavy atom. The molecule has 5 rings (SSSR count). The molecule has 9 heteroatoms. The number of amides is 1. The Morgan fingerprint density at radius 3 is 2.50 bits per heavy atom. The first-order chi connectivity index (χ1) is 17.4. The summed E-state index contributed by atoms with van der Waals surface area (Å²) in [6.07, 6.45) is 3.43. The smallest absolute Gasteiger partial charge is 0.267 e. The van der Waals surface area contributed by atoms with Crippen LogP contribution in [0.2, 0.25) is 0 Å². The zero-order valence-corrected chi connectivity index (χ0v) is 22.3. The molecule has 2 aliphatic heterocycles. The number of hydrogen-bond acceptors (Lipinski definition) is 7. The minimum absolute atomic E-state index is 0.182. The maximum absolute atomic E-state index is 13.8. The highest BCUT2D eigenvalue weighted by Crippen LogP contribution is 2.38. The molecule has 1 aromatic carbocycles. The van der Waals surface area contributed by atoms with Crippen molar-refractivity contribution in [1.29, 1.82) is 0 Å². The summed E-state index contributed by atoms with van der Waals surface area (Å²) in [5, 5.41) is 0. The summed E-state index contributed by atoms with van der Waals surface area (Å²) in [6.45, 7) is 10.4. The Bertz CT molecular complexity index is 1410. The average molecular weight is 520 g/mol. The number of thiocarbonyl (C=S) groups is 1. The second kappa shape index (κ2) is 10.2. The first-order valence-electron chi connectivity index (χ1n) is 12.2. The molecule has 0 unspecified atom stereocenters. The highest BCUT2D eigenvalue weighted by molar-refractivity contribution is 8.26. The summed E-state index contributed by atoms with van der Waals surface area (Å²) in [6, 6.07) is 13.4. The molecule has 3 aromatic rings. The quantitative estimate of drug-likeness (QED) is 0.371. The molecule has 2 saturated heterocycles. The highest BCUT2D eigenvalue weighted by Gasteiger charge is 2.36. The summed E-state index contributed by atoms with van der Waals surface area (Å²) in [7, 11) is 0. The van der Waals surface area contributed by atoms with Crippen LogP contribution in [0.5, 0.6) is 0 Å². The van der Waals surface area contributed by atoms with E-state index in [0.29, 0.717) is 26.3 Å². The Kier molecular flexibility index (Phi) is 6.96. The number of aryl methyl sites for hydroxylation is 1. The van der Waals surface area contributed by atoms with Crippen LogP contribution in [-0.4, -0.2) is 62.1 Å². The van der Waals surface area contributed by atoms with Crippen LogP contribution < -0.4 is 10.5 Å². The number of hydrogen-bond donors (Lipinski definition) is 0. The largest absolute Gasteiger partial charge is 0.353 e. The number of pyridine rings is 1. The van der Waals surface area contributed by atoms with Crippen molar-refractivity contribution in [2.75, 3.05) is 37.6 Å². The van der Waals surface area contributed by atoms with E-state index in [2.05, 4.69) is 16.7 Å². The third-order valence-electron chi connectivity index (χ3n) is 6.95. The van der Waals surface area contributed by atoms with Gasteiger partial charge in [-0.25, -0.2) is 4.98 Å². The standard InChI is InChI=1S/C27H29N5O2S2/c1-4-29-13-15-30(16-14-29)24-21(25(33)31-12-8-9-18(2)23(31)28-24)17-22-26(34)32(27(35)36-22)19(3)20-10-6-5-7-11-20/h5-12,17,19H,4,13-16H2,1-3H3/b22-17-/t19-/m0/s1. The van der Waals surface area contributed by atoms with Crippen molar-refractivity contribution >= 4 is 51.7 Å². The van der Waals surface area contributed by atoms with E-state index in [4.69, 9.17) is 17.2 Å². The van der Waals surface area contributed by atoms with Crippen LogP contribution >= 0.6 is 24.0 Å². The van der Waals surface area contributed by atoms with Gasteiger partial charge < -0.3 is 9.80 Å². The Balaban J connectivity index is 1.58. The molecule has 0 saturated carbocycles. The number of carbonyl (C=O) groups excluding carboxylic acids is 1. The maximum Gasteiger partial charge on any atom is 0.267 e. The molecule has 0 radical (unpaired) electrons. The van der Waals surface area contributed by atoms with Gasteiger partial charge >= 0.3 is 0 Å². The number of nitrogens with zero attached hydrogens (tertiary/aromatic N) is 5. The predicted molar refractivity (Wildman–Crippen MR) is 150 cm³/mol. The lowest BCUT2D eigenvalue weighted by molar-refractivity contribution is -0.123. The van der Waals surface area contributed by atoms with E-state index in [0.717, 1.165) is 43.9 Å². The minimum Gasteiger partial charge on any atom is -0.353 e. The van der Waals surface area contributed by atoms with Gasteiger partial charge in [-0.05, 0) is 43.7 Å². The predicted octanol–water partition coefficient (Wildman–Crippen LogP) is 4.11. The summed E-state index contributed by atoms with van der Waals surface area (Å²) < 4.78 is 2.06. The Labute approximate surface area is 220 Å². The van der Waals surface area contributed by atoms with Crippen LogP contribution in [0.1, 0.15) is 36.6 Å². The van der Waals surface area contributed by atoms with Crippen molar-refractivity contribution in [3.63, 3.8) is 0 Å². The fourth-order valence-electron chi connectivity index (χ4n) is 4.77. The molecule has 4 heterocycles. The molecule has 0 N–H and O–H groups in total. The van der Waals surface area contributed by atoms with Crippen LogP contribution in [0.4, 0.5) is 5.82 Å². The molecular weight excluding hydrogens is 490 g/mol. The van der Waals surface area contributed by atoms with Gasteiger partial charge in [0.1, 0.15) is 15.8 Å². The fourth-order valence-corrected chi connectivity index (χ4v) is 6.17. The van der Waals surface area contributed by atoms with Crippen LogP contribution in [0.15, 0.2) is 58.4 Å². The maximum atomic E-state index is 13.8. The van der Waals surface area contributed by atoms with E-state index in [9.17, 15) is 9.59 Å². The van der Waals surface area contributed by atoms with E-state index in [1.165, 1.54) is 11.8 Å². The lowest BCUT2D eigenvalue weighted by Gasteiger charge is -2.35. The fraction of sp³-hybridized carbons (Fsp3) is 0.333. The molecule has 0 bridgehead atoms. The van der Waals surface area contributed by atoms with Gasteiger partial charge in [0.05, 0.1) is 16.5 Å². The van der Waals surface area contributed by atoms with Gasteiger partial charge in [0.25, 0.3) is 11.5 Å². The topological polar surface area (TPSA) is 61.2 Å². The second-order valence-corrected chi connectivity index (χ2v) is 10.8. The van der Waals surface area contributed by atoms with Crippen LogP contribution in [0.25, 0.3) is 11.7 Å². The number of rotatable bonds is 5. The molecule has 1 atom stereocenters. The van der Waals surface area contributed by atoms with Gasteiger partial charge in [-0.3, -0.25) is 18.9 Å². The highest BCUT2D eigenvalue weighted by atomic mass is 32.2. The molecule has 2 fully saturated rings. The molecule has 7 nitrogen and oxygen atoms in total. The molecule has 2 aliphatic rings. The van der Waals surface area contributed by atoms with Crippen molar-refractivity contribution in [2.24, 2.45) is 0 Å². The van der Waals surface area contributed by atoms with Crippen LogP contribution in [0.3, 0.4) is 0 Å². The zero-order chi connectivity index (χ0) is 25.4. The summed E-state index contributed by atoms with van der Waals surface area (Å²) in [4.78, 5) is 38.9. The number of likely N-dealkylation sites (N-methyl/N-ethyl adjacent to an activating group) is 1. The average Bonchev–Trinajstić information content (AvgIpc) is 3.18. The van der Waals surface area contributed by atoms with E-state index >= 15 is 0 Å². The van der Waals surface area contributed by atoms with Crippen LogP contribution in [0, 0.1) is 6.92 Å². The number of thioether (sulfide) groups is 1. The van der Waals surface area contributed by atoms with Crippen molar-refractivity contribution in [3.05, 3.63) is 80.6 Å². The lowest BCUT2D eigenvalue weighted by Crippen LogP contribution is -2.47. The van der Waals surface area contributed by atoms with E-state index in [1.54, 1.807) is 21.6 Å². The van der Waals surface area contributed by atoms with Crippen molar-refractivity contribution < 1.29 is 4.79 Å².